The van der Waals surface area contributed by atoms with Gasteiger partial charge in [0.15, 0.2) is 0 Å². The molecule has 0 aliphatic carbocycles. The Morgan fingerprint density at radius 1 is 1.28 bits per heavy atom. The van der Waals surface area contributed by atoms with Crippen molar-refractivity contribution in [3.8, 4) is 0 Å². The third-order valence-electron chi connectivity index (χ3n) is 6.14. The molecule has 1 unspecified atom stereocenters. The van der Waals surface area contributed by atoms with Crippen LogP contribution < -0.4 is 10.6 Å². The maximum atomic E-state index is 3.87. The zero-order valence-corrected chi connectivity index (χ0v) is 20.7. The predicted molar refractivity (Wildman–Crippen MR) is 141 cm³/mol. The van der Waals surface area contributed by atoms with Gasteiger partial charge >= 0.3 is 0 Å². The van der Waals surface area contributed by atoms with Gasteiger partial charge in [0.2, 0.25) is 0 Å². The topological polar surface area (TPSA) is 41.4 Å². The molecule has 0 bridgehead atoms. The molecule has 2 N–H and O–H groups in total. The van der Waals surface area contributed by atoms with E-state index in [-0.39, 0.29) is 0 Å². The van der Waals surface area contributed by atoms with Gasteiger partial charge in [0.1, 0.15) is 0 Å². The van der Waals surface area contributed by atoms with Crippen molar-refractivity contribution in [2.24, 2.45) is 18.0 Å². The standard InChI is InChI=1S/C19H29N3.C8H9NS/c1-3-5-19(15-20-2)22-14-17-9-7-16(8-10-17)12-18-6-4-11-21-13-18;1-6-5-8-7(9(6)2)3-4-10-8/h7-10,15,18,21-22H,2-6,11-14H2,1H3;3-5H,1-2H3/b19-15-;. The molecule has 5 heteroatoms. The fourth-order valence-corrected chi connectivity index (χ4v) is 5.10. The molecule has 1 aromatic carbocycles. The summed E-state index contributed by atoms with van der Waals surface area (Å²) in [5, 5.41) is 9.08. The highest BCUT2D eigenvalue weighted by Gasteiger charge is 2.13. The van der Waals surface area contributed by atoms with Crippen molar-refractivity contribution in [1.82, 2.24) is 15.2 Å². The van der Waals surface area contributed by atoms with E-state index in [9.17, 15) is 0 Å². The molecule has 1 atom stereocenters. The molecular formula is C27H38N4S. The predicted octanol–water partition coefficient (Wildman–Crippen LogP) is 6.21. The average Bonchev–Trinajstić information content (AvgIpc) is 3.37. The largest absolute Gasteiger partial charge is 0.383 e. The molecule has 0 saturated carbocycles. The number of fused-ring (bicyclic) bond motifs is 1. The van der Waals surface area contributed by atoms with E-state index < -0.39 is 0 Å². The zero-order valence-electron chi connectivity index (χ0n) is 19.9. The Labute approximate surface area is 197 Å². The van der Waals surface area contributed by atoms with E-state index in [0.29, 0.717) is 0 Å². The second-order valence-corrected chi connectivity index (χ2v) is 9.64. The van der Waals surface area contributed by atoms with E-state index in [1.165, 1.54) is 59.4 Å². The van der Waals surface area contributed by atoms with Gasteiger partial charge in [0, 0.05) is 31.2 Å². The van der Waals surface area contributed by atoms with E-state index in [1.54, 1.807) is 11.3 Å². The lowest BCUT2D eigenvalue weighted by atomic mass is 9.92. The quantitative estimate of drug-likeness (QED) is 0.401. The molecule has 0 amide bonds. The molecule has 3 heterocycles. The monoisotopic (exact) mass is 450 g/mol. The number of hydrogen-bond donors (Lipinski definition) is 2. The van der Waals surface area contributed by atoms with E-state index in [2.05, 4.69) is 89.6 Å². The van der Waals surface area contributed by atoms with Crippen LogP contribution in [0.25, 0.3) is 10.2 Å². The number of piperidine rings is 1. The molecule has 4 rings (SSSR count). The van der Waals surface area contributed by atoms with Crippen LogP contribution in [0.4, 0.5) is 0 Å². The van der Waals surface area contributed by atoms with E-state index in [4.69, 9.17) is 0 Å². The second kappa shape index (κ2) is 12.6. The summed E-state index contributed by atoms with van der Waals surface area (Å²) in [6.45, 7) is 11.1. The van der Waals surface area contributed by atoms with Gasteiger partial charge in [-0.3, -0.25) is 4.99 Å². The van der Waals surface area contributed by atoms with Crippen molar-refractivity contribution in [1.29, 1.82) is 0 Å². The van der Waals surface area contributed by atoms with Crippen molar-refractivity contribution < 1.29 is 0 Å². The molecule has 1 saturated heterocycles. The number of nitrogens with zero attached hydrogens (tertiary/aromatic N) is 2. The van der Waals surface area contributed by atoms with Crippen LogP contribution in [0.2, 0.25) is 0 Å². The smallest absolute Gasteiger partial charge is 0.0589 e. The highest BCUT2D eigenvalue weighted by atomic mass is 32.1. The number of benzene rings is 1. The van der Waals surface area contributed by atoms with Crippen LogP contribution in [0.15, 0.2) is 58.7 Å². The highest BCUT2D eigenvalue weighted by molar-refractivity contribution is 7.17. The summed E-state index contributed by atoms with van der Waals surface area (Å²) in [6.07, 6.45) is 7.83. The Kier molecular flexibility index (Phi) is 9.57. The lowest BCUT2D eigenvalue weighted by Gasteiger charge is -2.22. The first kappa shape index (κ1) is 24.3. The Hall–Kier alpha value is -2.37. The second-order valence-electron chi connectivity index (χ2n) is 8.69. The van der Waals surface area contributed by atoms with Crippen LogP contribution in [0.3, 0.4) is 0 Å². The van der Waals surface area contributed by atoms with Gasteiger partial charge in [0.05, 0.1) is 10.2 Å². The van der Waals surface area contributed by atoms with Gasteiger partial charge in [0.25, 0.3) is 0 Å². The average molecular weight is 451 g/mol. The normalized spacial score (nSPS) is 16.5. The maximum absolute atomic E-state index is 3.87. The molecule has 3 aromatic rings. The summed E-state index contributed by atoms with van der Waals surface area (Å²) in [6, 6.07) is 13.4. The number of aryl methyl sites for hydroxylation is 2. The minimum absolute atomic E-state index is 0.801. The summed E-state index contributed by atoms with van der Waals surface area (Å²) in [5.74, 6) is 0.801. The number of hydrogen-bond acceptors (Lipinski definition) is 4. The molecule has 32 heavy (non-hydrogen) atoms. The number of nitrogens with one attached hydrogen (secondary N) is 2. The van der Waals surface area contributed by atoms with Crippen molar-refractivity contribution in [3.05, 3.63) is 70.5 Å². The van der Waals surface area contributed by atoms with Crippen LogP contribution in [0.5, 0.6) is 0 Å². The van der Waals surface area contributed by atoms with Crippen LogP contribution in [-0.4, -0.2) is 24.4 Å². The molecule has 2 aromatic heterocycles. The van der Waals surface area contributed by atoms with E-state index >= 15 is 0 Å². The SMILES string of the molecule is C=N/C=C(/CCC)NCc1ccc(CC2CCCNC2)cc1.Cc1cc2sccc2n1C. The Balaban J connectivity index is 0.000000238. The maximum Gasteiger partial charge on any atom is 0.0589 e. The van der Waals surface area contributed by atoms with Crippen molar-refractivity contribution in [2.75, 3.05) is 13.1 Å². The first-order valence-corrected chi connectivity index (χ1v) is 12.7. The summed E-state index contributed by atoms with van der Waals surface area (Å²) in [5.41, 5.74) is 6.62. The van der Waals surface area contributed by atoms with Gasteiger partial charge in [-0.25, -0.2) is 0 Å². The van der Waals surface area contributed by atoms with Crippen LogP contribution in [-0.2, 0) is 20.0 Å². The Bertz CT molecular complexity index is 991. The van der Waals surface area contributed by atoms with Gasteiger partial charge in [-0.05, 0) is 87.0 Å². The fourth-order valence-electron chi connectivity index (χ4n) is 4.19. The van der Waals surface area contributed by atoms with Crippen molar-refractivity contribution in [3.63, 3.8) is 0 Å². The number of allylic oxidation sites excluding steroid dienone is 1. The van der Waals surface area contributed by atoms with Gasteiger partial charge in [-0.2, -0.15) is 0 Å². The first-order valence-electron chi connectivity index (χ1n) is 11.8. The molecule has 172 valence electrons. The number of aromatic nitrogens is 1. The summed E-state index contributed by atoms with van der Waals surface area (Å²) >= 11 is 1.80. The summed E-state index contributed by atoms with van der Waals surface area (Å²) < 4.78 is 3.60. The summed E-state index contributed by atoms with van der Waals surface area (Å²) in [4.78, 5) is 3.87. The first-order chi connectivity index (χ1) is 15.6. The van der Waals surface area contributed by atoms with Crippen LogP contribution in [0, 0.1) is 12.8 Å². The molecule has 1 aliphatic rings. The van der Waals surface area contributed by atoms with E-state index in [0.717, 1.165) is 31.0 Å². The number of thiophene rings is 1. The summed E-state index contributed by atoms with van der Waals surface area (Å²) in [7, 11) is 2.10. The van der Waals surface area contributed by atoms with E-state index in [1.807, 2.05) is 6.20 Å². The van der Waals surface area contributed by atoms with Gasteiger partial charge in [-0.15, -0.1) is 11.3 Å². The molecule has 1 aliphatic heterocycles. The molecule has 0 spiro atoms. The van der Waals surface area contributed by atoms with Crippen molar-refractivity contribution >= 4 is 28.3 Å². The fraction of sp³-hybridized carbons (Fsp3) is 0.444. The van der Waals surface area contributed by atoms with Crippen molar-refractivity contribution in [2.45, 2.75) is 52.5 Å². The zero-order chi connectivity index (χ0) is 22.8. The Morgan fingerprint density at radius 2 is 2.06 bits per heavy atom. The lowest BCUT2D eigenvalue weighted by Crippen LogP contribution is -2.30. The highest BCUT2D eigenvalue weighted by Crippen LogP contribution is 2.23. The third kappa shape index (κ3) is 7.07. The minimum Gasteiger partial charge on any atom is -0.383 e. The lowest BCUT2D eigenvalue weighted by molar-refractivity contribution is 0.376. The van der Waals surface area contributed by atoms with Crippen LogP contribution >= 0.6 is 11.3 Å². The molecule has 4 nitrogen and oxygen atoms in total. The molecular weight excluding hydrogens is 412 g/mol. The van der Waals surface area contributed by atoms with Crippen LogP contribution in [0.1, 0.15) is 49.4 Å². The van der Waals surface area contributed by atoms with Gasteiger partial charge < -0.3 is 15.2 Å². The van der Waals surface area contributed by atoms with Gasteiger partial charge in [-0.1, -0.05) is 37.6 Å². The Morgan fingerprint density at radius 3 is 2.72 bits per heavy atom. The third-order valence-corrected chi connectivity index (χ3v) is 6.99. The minimum atomic E-state index is 0.801. The number of rotatable bonds is 8. The molecule has 0 radical (unpaired) electrons. The molecule has 1 fully saturated rings. The number of aliphatic imine (C=N–C) groups is 1.